The molecule has 1 unspecified atom stereocenters. The molecule has 1 fully saturated rings. The van der Waals surface area contributed by atoms with Gasteiger partial charge in [0.1, 0.15) is 11.5 Å². The van der Waals surface area contributed by atoms with E-state index in [1.54, 1.807) is 37.3 Å². The monoisotopic (exact) mass is 379 g/mol. The Morgan fingerprint density at radius 1 is 1.14 bits per heavy atom. The number of aryl methyl sites for hydroxylation is 1. The van der Waals surface area contributed by atoms with Gasteiger partial charge >= 0.3 is 0 Å². The summed E-state index contributed by atoms with van der Waals surface area (Å²) in [6.07, 6.45) is 0.313. The maximum atomic E-state index is 12.7. The Bertz CT molecular complexity index is 1010. The minimum absolute atomic E-state index is 0.0153. The summed E-state index contributed by atoms with van der Waals surface area (Å²) in [5, 5.41) is 4.12. The molecule has 7 nitrogen and oxygen atoms in total. The van der Waals surface area contributed by atoms with E-state index in [2.05, 4.69) is 10.1 Å². The molecule has 1 amide bonds. The molecule has 0 radical (unpaired) electrons. The van der Waals surface area contributed by atoms with Crippen molar-refractivity contribution >= 4 is 11.6 Å². The molecule has 1 aliphatic heterocycles. The van der Waals surface area contributed by atoms with Crippen molar-refractivity contribution in [2.24, 2.45) is 0 Å². The van der Waals surface area contributed by atoms with Crippen LogP contribution in [0.25, 0.3) is 11.5 Å². The van der Waals surface area contributed by atoms with Gasteiger partial charge in [0.15, 0.2) is 5.82 Å². The lowest BCUT2D eigenvalue weighted by molar-refractivity contribution is -0.117. The molecule has 1 saturated heterocycles. The zero-order valence-corrected chi connectivity index (χ0v) is 16.0. The number of hydrogen-bond acceptors (Lipinski definition) is 6. The summed E-state index contributed by atoms with van der Waals surface area (Å²) in [4.78, 5) is 18.9. The molecule has 4 rings (SSSR count). The van der Waals surface area contributed by atoms with Gasteiger partial charge in [-0.2, -0.15) is 4.98 Å². The van der Waals surface area contributed by atoms with E-state index >= 15 is 0 Å². The molecular weight excluding hydrogens is 358 g/mol. The second kappa shape index (κ2) is 7.34. The number of anilines is 1. The number of nitrogens with zero attached hydrogens (tertiary/aromatic N) is 3. The summed E-state index contributed by atoms with van der Waals surface area (Å²) < 4.78 is 16.1. The van der Waals surface area contributed by atoms with Crippen molar-refractivity contribution < 1.29 is 18.8 Å². The normalized spacial score (nSPS) is 16.5. The summed E-state index contributed by atoms with van der Waals surface area (Å²) in [5.41, 5.74) is 2.66. The van der Waals surface area contributed by atoms with Gasteiger partial charge in [-0.05, 0) is 31.2 Å². The largest absolute Gasteiger partial charge is 0.497 e. The molecule has 144 valence electrons. The lowest BCUT2D eigenvalue weighted by Gasteiger charge is -2.20. The van der Waals surface area contributed by atoms with Crippen LogP contribution in [0.15, 0.2) is 47.0 Å². The molecule has 0 N–H and O–H groups in total. The zero-order chi connectivity index (χ0) is 19.7. The van der Waals surface area contributed by atoms with E-state index in [-0.39, 0.29) is 11.8 Å². The predicted molar refractivity (Wildman–Crippen MR) is 104 cm³/mol. The number of carbonyl (C=O) groups is 1. The second-order valence-electron chi connectivity index (χ2n) is 6.77. The highest BCUT2D eigenvalue weighted by Gasteiger charge is 2.36. The van der Waals surface area contributed by atoms with Crippen LogP contribution in [0.5, 0.6) is 11.5 Å². The average Bonchev–Trinajstić information content (AvgIpc) is 3.34. The minimum Gasteiger partial charge on any atom is -0.497 e. The summed E-state index contributed by atoms with van der Waals surface area (Å²) >= 11 is 0. The van der Waals surface area contributed by atoms with E-state index in [0.29, 0.717) is 41.9 Å². The summed E-state index contributed by atoms with van der Waals surface area (Å²) in [7, 11) is 3.17. The Morgan fingerprint density at radius 2 is 2.00 bits per heavy atom. The number of hydrogen-bond donors (Lipinski definition) is 0. The van der Waals surface area contributed by atoms with Crippen LogP contribution in [-0.4, -0.2) is 36.8 Å². The van der Waals surface area contributed by atoms with Crippen LogP contribution >= 0.6 is 0 Å². The van der Waals surface area contributed by atoms with Crippen LogP contribution in [0, 0.1) is 6.92 Å². The highest BCUT2D eigenvalue weighted by atomic mass is 16.5. The third kappa shape index (κ3) is 3.31. The van der Waals surface area contributed by atoms with Gasteiger partial charge < -0.3 is 18.9 Å². The molecule has 1 atom stereocenters. The zero-order valence-electron chi connectivity index (χ0n) is 16.0. The Labute approximate surface area is 162 Å². The van der Waals surface area contributed by atoms with Crippen LogP contribution < -0.4 is 14.4 Å². The summed E-state index contributed by atoms with van der Waals surface area (Å²) in [6, 6.07) is 13.3. The second-order valence-corrected chi connectivity index (χ2v) is 6.77. The van der Waals surface area contributed by atoms with E-state index in [1.807, 2.05) is 31.2 Å². The molecule has 2 heterocycles. The van der Waals surface area contributed by atoms with Crippen molar-refractivity contribution in [1.82, 2.24) is 10.1 Å². The maximum absolute atomic E-state index is 12.7. The molecule has 0 bridgehead atoms. The van der Waals surface area contributed by atoms with Crippen molar-refractivity contribution in [2.45, 2.75) is 19.3 Å². The number of ether oxygens (including phenoxy) is 2. The average molecular weight is 379 g/mol. The molecule has 1 aromatic heterocycles. The van der Waals surface area contributed by atoms with Gasteiger partial charge in [0.05, 0.1) is 19.9 Å². The van der Waals surface area contributed by atoms with Crippen molar-refractivity contribution in [1.29, 1.82) is 0 Å². The molecule has 3 aromatic rings. The van der Waals surface area contributed by atoms with Gasteiger partial charge in [0, 0.05) is 30.5 Å². The first kappa shape index (κ1) is 18.0. The predicted octanol–water partition coefficient (Wildman–Crippen LogP) is 3.58. The Kier molecular flexibility index (Phi) is 4.73. The van der Waals surface area contributed by atoms with Crippen LogP contribution in [0.4, 0.5) is 5.69 Å². The smallest absolute Gasteiger partial charge is 0.257 e. The van der Waals surface area contributed by atoms with Crippen molar-refractivity contribution in [2.75, 3.05) is 25.7 Å². The van der Waals surface area contributed by atoms with Gasteiger partial charge in [0.2, 0.25) is 5.91 Å². The first-order valence-electron chi connectivity index (χ1n) is 9.02. The number of rotatable bonds is 5. The standard InChI is InChI=1S/C21H21N3O4/c1-13-5-4-6-14(9-13)21-22-20(23-28-21)15-10-19(25)24(12-15)17-11-16(26-2)7-8-18(17)27-3/h4-9,11,15H,10,12H2,1-3H3. The van der Waals surface area contributed by atoms with Gasteiger partial charge in [-0.25, -0.2) is 0 Å². The molecule has 0 saturated carbocycles. The third-order valence-corrected chi connectivity index (χ3v) is 4.87. The first-order valence-corrected chi connectivity index (χ1v) is 9.02. The van der Waals surface area contributed by atoms with E-state index in [9.17, 15) is 4.79 Å². The highest BCUT2D eigenvalue weighted by molar-refractivity contribution is 5.98. The summed E-state index contributed by atoms with van der Waals surface area (Å²) in [5.74, 6) is 2.11. The van der Waals surface area contributed by atoms with E-state index in [4.69, 9.17) is 14.0 Å². The van der Waals surface area contributed by atoms with Gasteiger partial charge in [0.25, 0.3) is 5.89 Å². The molecular formula is C21H21N3O4. The summed E-state index contributed by atoms with van der Waals surface area (Å²) in [6.45, 7) is 2.46. The lowest BCUT2D eigenvalue weighted by Crippen LogP contribution is -2.25. The quantitative estimate of drug-likeness (QED) is 0.674. The SMILES string of the molecule is COc1ccc(OC)c(N2CC(c3noc(-c4cccc(C)c4)n3)CC2=O)c1. The Morgan fingerprint density at radius 3 is 2.75 bits per heavy atom. The fraction of sp³-hybridized carbons (Fsp3) is 0.286. The van der Waals surface area contributed by atoms with Gasteiger partial charge in [-0.15, -0.1) is 0 Å². The number of benzene rings is 2. The Balaban J connectivity index is 1.59. The molecule has 0 spiro atoms. The molecule has 7 heteroatoms. The third-order valence-electron chi connectivity index (χ3n) is 4.87. The van der Waals surface area contributed by atoms with Crippen LogP contribution in [0.3, 0.4) is 0 Å². The van der Waals surface area contributed by atoms with E-state index < -0.39 is 0 Å². The van der Waals surface area contributed by atoms with Crippen molar-refractivity contribution in [3.8, 4) is 23.0 Å². The molecule has 28 heavy (non-hydrogen) atoms. The fourth-order valence-corrected chi connectivity index (χ4v) is 3.42. The number of amides is 1. The number of carbonyl (C=O) groups excluding carboxylic acids is 1. The van der Waals surface area contributed by atoms with Crippen LogP contribution in [0.1, 0.15) is 23.7 Å². The molecule has 2 aromatic carbocycles. The van der Waals surface area contributed by atoms with E-state index in [1.165, 1.54) is 0 Å². The number of aromatic nitrogens is 2. The Hall–Kier alpha value is -3.35. The van der Waals surface area contributed by atoms with Crippen molar-refractivity contribution in [3.05, 3.63) is 53.9 Å². The van der Waals surface area contributed by atoms with Gasteiger partial charge in [-0.3, -0.25) is 4.79 Å². The van der Waals surface area contributed by atoms with Gasteiger partial charge in [-0.1, -0.05) is 22.9 Å². The topological polar surface area (TPSA) is 77.7 Å². The van der Waals surface area contributed by atoms with Crippen LogP contribution in [-0.2, 0) is 4.79 Å². The first-order chi connectivity index (χ1) is 13.6. The highest BCUT2D eigenvalue weighted by Crippen LogP contribution is 2.38. The number of methoxy groups -OCH3 is 2. The molecule has 1 aliphatic rings. The van der Waals surface area contributed by atoms with E-state index in [0.717, 1.165) is 11.1 Å². The van der Waals surface area contributed by atoms with Crippen molar-refractivity contribution in [3.63, 3.8) is 0 Å². The maximum Gasteiger partial charge on any atom is 0.257 e. The van der Waals surface area contributed by atoms with Crippen LogP contribution in [0.2, 0.25) is 0 Å². The lowest BCUT2D eigenvalue weighted by atomic mass is 10.1. The fourth-order valence-electron chi connectivity index (χ4n) is 3.42. The molecule has 0 aliphatic carbocycles. The minimum atomic E-state index is -0.147.